The molecule has 3 nitrogen and oxygen atoms in total. The van der Waals surface area contributed by atoms with Crippen LogP contribution in [0.15, 0.2) is 24.3 Å². The van der Waals surface area contributed by atoms with Crippen molar-refractivity contribution in [2.45, 2.75) is 31.6 Å². The SMILES string of the molecule is COc1ccc2nc(C3CCCC3)c(O)cc2c1. The Balaban J connectivity index is 2.09. The molecule has 0 radical (unpaired) electrons. The minimum atomic E-state index is 0.322. The van der Waals surface area contributed by atoms with Crippen molar-refractivity contribution in [3.63, 3.8) is 0 Å². The molecular weight excluding hydrogens is 226 g/mol. The number of hydrogen-bond donors (Lipinski definition) is 1. The normalized spacial score (nSPS) is 16.3. The van der Waals surface area contributed by atoms with Gasteiger partial charge in [-0.2, -0.15) is 0 Å². The van der Waals surface area contributed by atoms with Crippen LogP contribution in [-0.4, -0.2) is 17.2 Å². The van der Waals surface area contributed by atoms with E-state index in [9.17, 15) is 5.11 Å². The van der Waals surface area contributed by atoms with Gasteiger partial charge in [0.25, 0.3) is 0 Å². The molecule has 3 heteroatoms. The molecule has 2 aromatic rings. The molecule has 0 saturated heterocycles. The first kappa shape index (κ1) is 11.3. The summed E-state index contributed by atoms with van der Waals surface area (Å²) in [6.07, 6.45) is 4.77. The third-order valence-corrected chi connectivity index (χ3v) is 3.77. The summed E-state index contributed by atoms with van der Waals surface area (Å²) in [5, 5.41) is 11.1. The number of hydrogen-bond acceptors (Lipinski definition) is 3. The summed E-state index contributed by atoms with van der Waals surface area (Å²) in [5.41, 5.74) is 1.79. The van der Waals surface area contributed by atoms with Crippen molar-refractivity contribution in [3.8, 4) is 11.5 Å². The minimum absolute atomic E-state index is 0.322. The Morgan fingerprint density at radius 2 is 2.00 bits per heavy atom. The summed E-state index contributed by atoms with van der Waals surface area (Å²) in [5.74, 6) is 1.54. The lowest BCUT2D eigenvalue weighted by molar-refractivity contribution is 0.415. The highest BCUT2D eigenvalue weighted by molar-refractivity contribution is 5.82. The quantitative estimate of drug-likeness (QED) is 0.876. The van der Waals surface area contributed by atoms with E-state index in [1.54, 1.807) is 13.2 Å². The highest BCUT2D eigenvalue weighted by Gasteiger charge is 2.21. The zero-order chi connectivity index (χ0) is 12.5. The van der Waals surface area contributed by atoms with E-state index >= 15 is 0 Å². The molecule has 1 aromatic heterocycles. The van der Waals surface area contributed by atoms with Crippen LogP contribution in [0, 0.1) is 0 Å². The number of aromatic nitrogens is 1. The number of nitrogens with zero attached hydrogens (tertiary/aromatic N) is 1. The second kappa shape index (κ2) is 4.48. The third kappa shape index (κ3) is 1.90. The zero-order valence-electron chi connectivity index (χ0n) is 10.5. The monoisotopic (exact) mass is 243 g/mol. The predicted octanol–water partition coefficient (Wildman–Crippen LogP) is 3.61. The smallest absolute Gasteiger partial charge is 0.138 e. The molecule has 0 spiro atoms. The lowest BCUT2D eigenvalue weighted by Gasteiger charge is -2.12. The van der Waals surface area contributed by atoms with Gasteiger partial charge in [0.15, 0.2) is 0 Å². The Labute approximate surface area is 106 Å². The van der Waals surface area contributed by atoms with Crippen molar-refractivity contribution in [2.24, 2.45) is 0 Å². The fourth-order valence-corrected chi connectivity index (χ4v) is 2.78. The molecule has 0 aliphatic heterocycles. The van der Waals surface area contributed by atoms with Gasteiger partial charge in [-0.05, 0) is 37.1 Å². The maximum atomic E-state index is 10.1. The highest BCUT2D eigenvalue weighted by Crippen LogP contribution is 2.38. The van der Waals surface area contributed by atoms with Crippen LogP contribution in [0.4, 0.5) is 0 Å². The maximum Gasteiger partial charge on any atom is 0.138 e. The van der Waals surface area contributed by atoms with Crippen molar-refractivity contribution in [1.82, 2.24) is 4.98 Å². The molecule has 1 saturated carbocycles. The van der Waals surface area contributed by atoms with Crippen molar-refractivity contribution in [2.75, 3.05) is 7.11 Å². The Morgan fingerprint density at radius 3 is 2.72 bits per heavy atom. The number of fused-ring (bicyclic) bond motifs is 1. The second-order valence-electron chi connectivity index (χ2n) is 4.93. The van der Waals surface area contributed by atoms with Gasteiger partial charge in [-0.1, -0.05) is 12.8 Å². The molecule has 1 aromatic carbocycles. The molecule has 0 amide bonds. The molecule has 1 N–H and O–H groups in total. The van der Waals surface area contributed by atoms with Gasteiger partial charge < -0.3 is 9.84 Å². The van der Waals surface area contributed by atoms with Gasteiger partial charge in [-0.25, -0.2) is 4.98 Å². The first-order valence-electron chi connectivity index (χ1n) is 6.45. The maximum absolute atomic E-state index is 10.1. The van der Waals surface area contributed by atoms with E-state index in [2.05, 4.69) is 4.98 Å². The number of methoxy groups -OCH3 is 1. The Morgan fingerprint density at radius 1 is 1.22 bits per heavy atom. The standard InChI is InChI=1S/C15H17NO2/c1-18-12-6-7-13-11(8-12)9-14(17)15(16-13)10-4-2-3-5-10/h6-10,17H,2-5H2,1H3. The van der Waals surface area contributed by atoms with Crippen LogP contribution in [0.2, 0.25) is 0 Å². The lowest BCUT2D eigenvalue weighted by Crippen LogP contribution is -1.97. The molecule has 1 aliphatic rings. The fraction of sp³-hybridized carbons (Fsp3) is 0.400. The Hall–Kier alpha value is -1.77. The fourth-order valence-electron chi connectivity index (χ4n) is 2.78. The lowest BCUT2D eigenvalue weighted by atomic mass is 10.0. The molecule has 1 fully saturated rings. The van der Waals surface area contributed by atoms with Gasteiger partial charge in [0.1, 0.15) is 11.5 Å². The van der Waals surface area contributed by atoms with Gasteiger partial charge in [0.05, 0.1) is 18.3 Å². The number of aromatic hydroxyl groups is 1. The average molecular weight is 243 g/mol. The summed E-state index contributed by atoms with van der Waals surface area (Å²) in [6.45, 7) is 0. The number of rotatable bonds is 2. The van der Waals surface area contributed by atoms with Gasteiger partial charge >= 0.3 is 0 Å². The molecule has 1 aliphatic carbocycles. The third-order valence-electron chi connectivity index (χ3n) is 3.77. The van der Waals surface area contributed by atoms with Gasteiger partial charge in [-0.3, -0.25) is 0 Å². The zero-order valence-corrected chi connectivity index (χ0v) is 10.5. The first-order valence-corrected chi connectivity index (χ1v) is 6.45. The molecule has 0 atom stereocenters. The molecule has 3 rings (SSSR count). The highest BCUT2D eigenvalue weighted by atomic mass is 16.5. The molecule has 0 unspecified atom stereocenters. The minimum Gasteiger partial charge on any atom is -0.506 e. The molecule has 0 bridgehead atoms. The van der Waals surface area contributed by atoms with Crippen molar-refractivity contribution in [1.29, 1.82) is 0 Å². The number of pyridine rings is 1. The van der Waals surface area contributed by atoms with Crippen molar-refractivity contribution in [3.05, 3.63) is 30.0 Å². The predicted molar refractivity (Wildman–Crippen MR) is 71.2 cm³/mol. The van der Waals surface area contributed by atoms with Crippen molar-refractivity contribution >= 4 is 10.9 Å². The average Bonchev–Trinajstić information content (AvgIpc) is 2.91. The van der Waals surface area contributed by atoms with E-state index in [1.807, 2.05) is 18.2 Å². The summed E-state index contributed by atoms with van der Waals surface area (Å²) >= 11 is 0. The van der Waals surface area contributed by atoms with Gasteiger partial charge in [0.2, 0.25) is 0 Å². The largest absolute Gasteiger partial charge is 0.506 e. The van der Waals surface area contributed by atoms with Crippen LogP contribution in [0.5, 0.6) is 11.5 Å². The van der Waals surface area contributed by atoms with E-state index in [1.165, 1.54) is 12.8 Å². The van der Waals surface area contributed by atoms with Crippen LogP contribution < -0.4 is 4.74 Å². The molecule has 1 heterocycles. The van der Waals surface area contributed by atoms with E-state index in [-0.39, 0.29) is 0 Å². The van der Waals surface area contributed by atoms with Crippen LogP contribution in [-0.2, 0) is 0 Å². The van der Waals surface area contributed by atoms with E-state index in [0.717, 1.165) is 35.2 Å². The summed E-state index contributed by atoms with van der Waals surface area (Å²) in [7, 11) is 1.64. The molecule has 18 heavy (non-hydrogen) atoms. The topological polar surface area (TPSA) is 42.4 Å². The summed E-state index contributed by atoms with van der Waals surface area (Å²) in [6, 6.07) is 7.57. The van der Waals surface area contributed by atoms with Crippen LogP contribution in [0.1, 0.15) is 37.3 Å². The number of ether oxygens (including phenoxy) is 1. The van der Waals surface area contributed by atoms with Crippen molar-refractivity contribution < 1.29 is 9.84 Å². The summed E-state index contributed by atoms with van der Waals surface area (Å²) < 4.78 is 5.18. The molecule has 94 valence electrons. The van der Waals surface area contributed by atoms with Gasteiger partial charge in [0, 0.05) is 11.3 Å². The van der Waals surface area contributed by atoms with Crippen LogP contribution in [0.3, 0.4) is 0 Å². The molecular formula is C15H17NO2. The van der Waals surface area contributed by atoms with E-state index in [4.69, 9.17) is 4.74 Å². The van der Waals surface area contributed by atoms with E-state index < -0.39 is 0 Å². The van der Waals surface area contributed by atoms with Crippen LogP contribution in [0.25, 0.3) is 10.9 Å². The van der Waals surface area contributed by atoms with E-state index in [0.29, 0.717) is 11.7 Å². The second-order valence-corrected chi connectivity index (χ2v) is 4.93. The Kier molecular flexibility index (Phi) is 2.82. The Bertz CT molecular complexity index is 574. The van der Waals surface area contributed by atoms with Crippen LogP contribution >= 0.6 is 0 Å². The number of benzene rings is 1. The summed E-state index contributed by atoms with van der Waals surface area (Å²) in [4.78, 5) is 4.63. The van der Waals surface area contributed by atoms with Gasteiger partial charge in [-0.15, -0.1) is 0 Å². The first-order chi connectivity index (χ1) is 8.78.